The van der Waals surface area contributed by atoms with Gasteiger partial charge in [0.05, 0.1) is 5.52 Å². The van der Waals surface area contributed by atoms with E-state index in [0.29, 0.717) is 24.8 Å². The maximum atomic E-state index is 6.00. The van der Waals surface area contributed by atoms with Crippen LogP contribution in [-0.4, -0.2) is 23.2 Å². The van der Waals surface area contributed by atoms with Crippen molar-refractivity contribution < 1.29 is 9.47 Å². The lowest BCUT2D eigenvalue weighted by Gasteiger charge is -2.19. The van der Waals surface area contributed by atoms with E-state index in [-0.39, 0.29) is 0 Å². The van der Waals surface area contributed by atoms with Crippen LogP contribution in [-0.2, 0) is 6.54 Å². The first-order valence-electron chi connectivity index (χ1n) is 7.32. The van der Waals surface area contributed by atoms with Crippen molar-refractivity contribution in [2.75, 3.05) is 18.5 Å². The van der Waals surface area contributed by atoms with Crippen LogP contribution in [0.4, 0.5) is 5.82 Å². The third kappa shape index (κ3) is 2.87. The Morgan fingerprint density at radius 1 is 1.00 bits per heavy atom. The van der Waals surface area contributed by atoms with Crippen LogP contribution in [0.25, 0.3) is 10.9 Å². The molecule has 23 heavy (non-hydrogen) atoms. The second-order valence-electron chi connectivity index (χ2n) is 5.22. The molecule has 6 heteroatoms. The molecule has 0 amide bonds. The molecule has 0 unspecified atom stereocenters. The zero-order valence-electron chi connectivity index (χ0n) is 12.3. The summed E-state index contributed by atoms with van der Waals surface area (Å²) in [5, 5.41) is 4.94. The molecule has 1 aliphatic rings. The van der Waals surface area contributed by atoms with Crippen LogP contribution in [0, 0.1) is 0 Å². The Bertz CT molecular complexity index is 870. The van der Waals surface area contributed by atoms with Crippen molar-refractivity contribution in [1.82, 2.24) is 9.97 Å². The molecule has 0 spiro atoms. The van der Waals surface area contributed by atoms with Gasteiger partial charge in [0.2, 0.25) is 0 Å². The molecule has 0 bridgehead atoms. The van der Waals surface area contributed by atoms with Crippen molar-refractivity contribution in [3.63, 3.8) is 0 Å². The molecule has 4 rings (SSSR count). The molecular formula is C17H14ClN3O2. The third-order valence-corrected chi connectivity index (χ3v) is 3.90. The normalized spacial score (nSPS) is 13.1. The smallest absolute Gasteiger partial charge is 0.161 e. The van der Waals surface area contributed by atoms with Gasteiger partial charge in [-0.3, -0.25) is 0 Å². The van der Waals surface area contributed by atoms with E-state index in [1.165, 1.54) is 6.33 Å². The maximum absolute atomic E-state index is 6.00. The van der Waals surface area contributed by atoms with Crippen LogP contribution in [0.2, 0.25) is 5.02 Å². The minimum atomic E-state index is 0.585. The molecular weight excluding hydrogens is 314 g/mol. The lowest BCUT2D eigenvalue weighted by Crippen LogP contribution is -2.15. The van der Waals surface area contributed by atoms with Gasteiger partial charge in [0.1, 0.15) is 25.4 Å². The third-order valence-electron chi connectivity index (χ3n) is 3.67. The predicted molar refractivity (Wildman–Crippen MR) is 89.3 cm³/mol. The van der Waals surface area contributed by atoms with Gasteiger partial charge in [-0.1, -0.05) is 17.7 Å². The lowest BCUT2D eigenvalue weighted by atomic mass is 10.2. The molecule has 116 valence electrons. The molecule has 5 nitrogen and oxygen atoms in total. The summed E-state index contributed by atoms with van der Waals surface area (Å²) in [5.74, 6) is 2.36. The average molecular weight is 328 g/mol. The number of fused-ring (bicyclic) bond motifs is 2. The van der Waals surface area contributed by atoms with Gasteiger partial charge in [0, 0.05) is 17.0 Å². The van der Waals surface area contributed by atoms with E-state index >= 15 is 0 Å². The molecule has 2 heterocycles. The van der Waals surface area contributed by atoms with Gasteiger partial charge in [-0.05, 0) is 35.9 Å². The highest BCUT2D eigenvalue weighted by Crippen LogP contribution is 2.31. The highest BCUT2D eigenvalue weighted by Gasteiger charge is 2.12. The first kappa shape index (κ1) is 14.1. The van der Waals surface area contributed by atoms with E-state index in [0.717, 1.165) is 33.8 Å². The fraction of sp³-hybridized carbons (Fsp3) is 0.176. The average Bonchev–Trinajstić information content (AvgIpc) is 2.59. The van der Waals surface area contributed by atoms with Crippen molar-refractivity contribution in [1.29, 1.82) is 0 Å². The van der Waals surface area contributed by atoms with Gasteiger partial charge in [-0.25, -0.2) is 9.97 Å². The molecule has 1 N–H and O–H groups in total. The van der Waals surface area contributed by atoms with E-state index in [1.54, 1.807) is 0 Å². The second-order valence-corrected chi connectivity index (χ2v) is 5.65. The largest absolute Gasteiger partial charge is 0.486 e. The zero-order valence-corrected chi connectivity index (χ0v) is 13.0. The first-order valence-corrected chi connectivity index (χ1v) is 7.70. The Morgan fingerprint density at radius 3 is 2.78 bits per heavy atom. The molecule has 3 aromatic rings. The van der Waals surface area contributed by atoms with E-state index < -0.39 is 0 Å². The van der Waals surface area contributed by atoms with Crippen LogP contribution < -0.4 is 14.8 Å². The number of nitrogens with one attached hydrogen (secondary N) is 1. The van der Waals surface area contributed by atoms with Crippen LogP contribution >= 0.6 is 11.6 Å². The van der Waals surface area contributed by atoms with Gasteiger partial charge in [0.15, 0.2) is 11.5 Å². The van der Waals surface area contributed by atoms with Crippen molar-refractivity contribution in [3.05, 3.63) is 53.3 Å². The number of hydrogen-bond donors (Lipinski definition) is 1. The summed E-state index contributed by atoms with van der Waals surface area (Å²) in [6.07, 6.45) is 1.53. The number of aromatic nitrogens is 2. The van der Waals surface area contributed by atoms with Gasteiger partial charge >= 0.3 is 0 Å². The number of ether oxygens (including phenoxy) is 2. The number of anilines is 1. The Kier molecular flexibility index (Phi) is 3.63. The van der Waals surface area contributed by atoms with E-state index in [9.17, 15) is 0 Å². The molecule has 0 radical (unpaired) electrons. The first-order chi connectivity index (χ1) is 11.3. The number of benzene rings is 2. The quantitative estimate of drug-likeness (QED) is 0.795. The Hall–Kier alpha value is -2.53. The van der Waals surface area contributed by atoms with Crippen LogP contribution in [0.3, 0.4) is 0 Å². The fourth-order valence-corrected chi connectivity index (χ4v) is 2.72. The summed E-state index contributed by atoms with van der Waals surface area (Å²) in [5.41, 5.74) is 1.91. The molecule has 0 atom stereocenters. The zero-order chi connectivity index (χ0) is 15.6. The highest BCUT2D eigenvalue weighted by molar-refractivity contribution is 6.31. The number of rotatable bonds is 3. The summed E-state index contributed by atoms with van der Waals surface area (Å²) in [6.45, 7) is 1.81. The summed E-state index contributed by atoms with van der Waals surface area (Å²) < 4.78 is 11.1. The summed E-state index contributed by atoms with van der Waals surface area (Å²) in [7, 11) is 0. The molecule has 0 saturated carbocycles. The summed E-state index contributed by atoms with van der Waals surface area (Å²) in [4.78, 5) is 8.56. The molecule has 1 aliphatic heterocycles. The van der Waals surface area contributed by atoms with Crippen LogP contribution in [0.1, 0.15) is 5.56 Å². The maximum Gasteiger partial charge on any atom is 0.161 e. The minimum absolute atomic E-state index is 0.585. The van der Waals surface area contributed by atoms with Gasteiger partial charge in [-0.15, -0.1) is 0 Å². The lowest BCUT2D eigenvalue weighted by molar-refractivity contribution is 0.171. The molecule has 1 aromatic heterocycles. The van der Waals surface area contributed by atoms with Crippen LogP contribution in [0.5, 0.6) is 11.5 Å². The van der Waals surface area contributed by atoms with Crippen molar-refractivity contribution in [2.24, 2.45) is 0 Å². The van der Waals surface area contributed by atoms with Gasteiger partial charge < -0.3 is 14.8 Å². The summed E-state index contributed by atoms with van der Waals surface area (Å²) >= 11 is 6.00. The fourth-order valence-electron chi connectivity index (χ4n) is 2.55. The molecule has 0 saturated heterocycles. The van der Waals surface area contributed by atoms with Crippen molar-refractivity contribution >= 4 is 28.3 Å². The van der Waals surface area contributed by atoms with E-state index in [4.69, 9.17) is 21.1 Å². The van der Waals surface area contributed by atoms with E-state index in [1.807, 2.05) is 36.4 Å². The Balaban J connectivity index is 1.57. The standard InChI is InChI=1S/C17H14ClN3O2/c18-12-2-3-13-14(8-12)20-10-21-17(13)19-9-11-1-4-15-16(7-11)23-6-5-22-15/h1-4,7-8,10H,5-6,9H2,(H,19,20,21). The predicted octanol–water partition coefficient (Wildman–Crippen LogP) is 3.67. The van der Waals surface area contributed by atoms with Gasteiger partial charge in [-0.2, -0.15) is 0 Å². The van der Waals surface area contributed by atoms with Gasteiger partial charge in [0.25, 0.3) is 0 Å². The SMILES string of the molecule is Clc1ccc2c(NCc3ccc4c(c3)OCCO4)ncnc2c1. The topological polar surface area (TPSA) is 56.3 Å². The summed E-state index contributed by atoms with van der Waals surface area (Å²) in [6, 6.07) is 11.5. The Labute approximate surface area is 138 Å². The number of hydrogen-bond acceptors (Lipinski definition) is 5. The number of halogens is 1. The van der Waals surface area contributed by atoms with Crippen LogP contribution in [0.15, 0.2) is 42.7 Å². The molecule has 2 aromatic carbocycles. The second kappa shape index (κ2) is 5.93. The van der Waals surface area contributed by atoms with Crippen molar-refractivity contribution in [2.45, 2.75) is 6.54 Å². The molecule has 0 fully saturated rings. The minimum Gasteiger partial charge on any atom is -0.486 e. The molecule has 0 aliphatic carbocycles. The highest BCUT2D eigenvalue weighted by atomic mass is 35.5. The number of nitrogens with zero attached hydrogens (tertiary/aromatic N) is 2. The monoisotopic (exact) mass is 327 g/mol. The van der Waals surface area contributed by atoms with Crippen molar-refractivity contribution in [3.8, 4) is 11.5 Å². The van der Waals surface area contributed by atoms with E-state index in [2.05, 4.69) is 15.3 Å². The Morgan fingerprint density at radius 2 is 1.87 bits per heavy atom.